The minimum absolute atomic E-state index is 0.00120. The Morgan fingerprint density at radius 2 is 1.91 bits per heavy atom. The number of carbonyl (C=O) groups excluding carboxylic acids is 1. The van der Waals surface area contributed by atoms with Crippen molar-refractivity contribution in [3.63, 3.8) is 0 Å². The number of hydrogen-bond donors (Lipinski definition) is 1. The fourth-order valence-electron chi connectivity index (χ4n) is 1.95. The van der Waals surface area contributed by atoms with E-state index in [4.69, 9.17) is 9.84 Å². The van der Waals surface area contributed by atoms with Gasteiger partial charge in [-0.2, -0.15) is 0 Å². The first-order chi connectivity index (χ1) is 10.5. The molecule has 22 heavy (non-hydrogen) atoms. The minimum Gasteiger partial charge on any atom is -0.482 e. The highest BCUT2D eigenvalue weighted by Crippen LogP contribution is 2.19. The van der Waals surface area contributed by atoms with Crippen molar-refractivity contribution >= 4 is 23.2 Å². The molecule has 1 aromatic heterocycles. The number of hydrogen-bond acceptors (Lipinski definition) is 4. The van der Waals surface area contributed by atoms with Crippen molar-refractivity contribution in [2.75, 3.05) is 13.7 Å². The molecule has 0 aliphatic rings. The third-order valence-electron chi connectivity index (χ3n) is 3.11. The Kier molecular flexibility index (Phi) is 5.16. The van der Waals surface area contributed by atoms with E-state index in [1.165, 1.54) is 11.3 Å². The van der Waals surface area contributed by atoms with Crippen LogP contribution in [0.5, 0.6) is 5.75 Å². The molecule has 0 aliphatic carbocycles. The summed E-state index contributed by atoms with van der Waals surface area (Å²) in [6.07, 6.45) is 0. The lowest BCUT2D eigenvalue weighted by atomic mass is 10.2. The van der Waals surface area contributed by atoms with Gasteiger partial charge in [-0.3, -0.25) is 4.79 Å². The number of thiophene rings is 1. The Hall–Kier alpha value is -2.34. The molecular formula is C16H17NO4S. The zero-order valence-electron chi connectivity index (χ0n) is 12.4. The molecule has 1 heterocycles. The molecule has 0 bridgehead atoms. The summed E-state index contributed by atoms with van der Waals surface area (Å²) in [6, 6.07) is 8.98. The first kappa shape index (κ1) is 16.0. The fourth-order valence-corrected chi connectivity index (χ4v) is 2.87. The lowest BCUT2D eigenvalue weighted by Gasteiger charge is -2.17. The molecule has 0 spiro atoms. The summed E-state index contributed by atoms with van der Waals surface area (Å²) < 4.78 is 5.07. The van der Waals surface area contributed by atoms with Crippen LogP contribution >= 0.6 is 11.3 Å². The van der Waals surface area contributed by atoms with Crippen LogP contribution in [0.4, 0.5) is 0 Å². The van der Waals surface area contributed by atoms with E-state index in [1.807, 2.05) is 30.5 Å². The lowest BCUT2D eigenvalue weighted by molar-refractivity contribution is -0.139. The van der Waals surface area contributed by atoms with Crippen LogP contribution in [0, 0.1) is 6.92 Å². The third-order valence-corrected chi connectivity index (χ3v) is 4.11. The van der Waals surface area contributed by atoms with E-state index in [0.29, 0.717) is 12.3 Å². The number of carboxylic acid groups (broad SMARTS) is 1. The molecule has 1 amide bonds. The van der Waals surface area contributed by atoms with Crippen molar-refractivity contribution in [3.05, 3.63) is 51.7 Å². The van der Waals surface area contributed by atoms with Gasteiger partial charge in [-0.15, -0.1) is 11.3 Å². The molecule has 1 aromatic carbocycles. The number of aryl methyl sites for hydroxylation is 1. The van der Waals surface area contributed by atoms with Gasteiger partial charge in [0.1, 0.15) is 5.75 Å². The average Bonchev–Trinajstić information content (AvgIpc) is 2.91. The number of carboxylic acids is 1. The number of ether oxygens (including phenoxy) is 1. The van der Waals surface area contributed by atoms with Crippen molar-refractivity contribution in [3.8, 4) is 5.75 Å². The smallest absolute Gasteiger partial charge is 0.341 e. The summed E-state index contributed by atoms with van der Waals surface area (Å²) in [7, 11) is 1.76. The summed E-state index contributed by atoms with van der Waals surface area (Å²) in [4.78, 5) is 25.2. The Bertz CT molecular complexity index is 663. The SMILES string of the molecule is Cc1ccsc1C(=O)N(C)Cc1ccc(OCC(=O)O)cc1. The highest BCUT2D eigenvalue weighted by atomic mass is 32.1. The van der Waals surface area contributed by atoms with Crippen molar-refractivity contribution in [2.24, 2.45) is 0 Å². The second-order valence-corrected chi connectivity index (χ2v) is 5.84. The second-order valence-electron chi connectivity index (χ2n) is 4.92. The summed E-state index contributed by atoms with van der Waals surface area (Å²) in [5.41, 5.74) is 1.94. The van der Waals surface area contributed by atoms with Crippen LogP contribution < -0.4 is 4.74 Å². The van der Waals surface area contributed by atoms with Gasteiger partial charge >= 0.3 is 5.97 Å². The van der Waals surface area contributed by atoms with E-state index in [0.717, 1.165) is 16.0 Å². The van der Waals surface area contributed by atoms with E-state index < -0.39 is 5.97 Å². The molecule has 116 valence electrons. The summed E-state index contributed by atoms with van der Waals surface area (Å²) in [6.45, 7) is 2.04. The Balaban J connectivity index is 1.97. The van der Waals surface area contributed by atoms with Gasteiger partial charge in [-0.1, -0.05) is 12.1 Å². The number of amides is 1. The first-order valence-corrected chi connectivity index (χ1v) is 7.58. The molecule has 0 radical (unpaired) electrons. The summed E-state index contributed by atoms with van der Waals surface area (Å²) in [5, 5.41) is 10.5. The van der Waals surface area contributed by atoms with Gasteiger partial charge in [0.25, 0.3) is 5.91 Å². The molecule has 5 nitrogen and oxygen atoms in total. The lowest BCUT2D eigenvalue weighted by Crippen LogP contribution is -2.25. The van der Waals surface area contributed by atoms with E-state index in [1.54, 1.807) is 24.1 Å². The maximum Gasteiger partial charge on any atom is 0.341 e. The highest BCUT2D eigenvalue weighted by Gasteiger charge is 2.15. The van der Waals surface area contributed by atoms with Crippen LogP contribution in [-0.2, 0) is 11.3 Å². The van der Waals surface area contributed by atoms with Gasteiger partial charge < -0.3 is 14.7 Å². The van der Waals surface area contributed by atoms with Gasteiger partial charge in [0.15, 0.2) is 6.61 Å². The molecule has 2 aromatic rings. The number of nitrogens with zero attached hydrogens (tertiary/aromatic N) is 1. The zero-order chi connectivity index (χ0) is 16.1. The highest BCUT2D eigenvalue weighted by molar-refractivity contribution is 7.12. The molecule has 0 saturated carbocycles. The van der Waals surface area contributed by atoms with Gasteiger partial charge in [0, 0.05) is 13.6 Å². The standard InChI is InChI=1S/C16H17NO4S/c1-11-7-8-22-15(11)16(20)17(2)9-12-3-5-13(6-4-12)21-10-14(18)19/h3-8H,9-10H2,1-2H3,(H,18,19). The zero-order valence-corrected chi connectivity index (χ0v) is 13.2. The predicted octanol–water partition coefficient (Wildman–Crippen LogP) is 2.79. The number of rotatable bonds is 6. The molecule has 6 heteroatoms. The molecule has 1 N–H and O–H groups in total. The molecule has 0 atom stereocenters. The van der Waals surface area contributed by atoms with E-state index in [9.17, 15) is 9.59 Å². The Labute approximate surface area is 132 Å². The minimum atomic E-state index is -1.01. The van der Waals surface area contributed by atoms with Crippen LogP contribution in [0.25, 0.3) is 0 Å². The van der Waals surface area contributed by atoms with E-state index in [-0.39, 0.29) is 12.5 Å². The molecule has 0 unspecified atom stereocenters. The topological polar surface area (TPSA) is 66.8 Å². The van der Waals surface area contributed by atoms with Crippen molar-refractivity contribution in [1.82, 2.24) is 4.90 Å². The van der Waals surface area contributed by atoms with Crippen molar-refractivity contribution in [1.29, 1.82) is 0 Å². The number of aliphatic carboxylic acids is 1. The molecular weight excluding hydrogens is 302 g/mol. The Morgan fingerprint density at radius 1 is 1.23 bits per heavy atom. The number of benzene rings is 1. The van der Waals surface area contributed by atoms with Crippen LogP contribution in [-0.4, -0.2) is 35.5 Å². The monoisotopic (exact) mass is 319 g/mol. The van der Waals surface area contributed by atoms with E-state index in [2.05, 4.69) is 0 Å². The van der Waals surface area contributed by atoms with Gasteiger partial charge in [0.2, 0.25) is 0 Å². The van der Waals surface area contributed by atoms with Crippen LogP contribution in [0.2, 0.25) is 0 Å². The van der Waals surface area contributed by atoms with Crippen LogP contribution in [0.1, 0.15) is 20.8 Å². The maximum atomic E-state index is 12.3. The molecule has 0 fully saturated rings. The van der Waals surface area contributed by atoms with Crippen molar-refractivity contribution < 1.29 is 19.4 Å². The third kappa shape index (κ3) is 4.08. The fraction of sp³-hybridized carbons (Fsp3) is 0.250. The largest absolute Gasteiger partial charge is 0.482 e. The second kappa shape index (κ2) is 7.09. The Morgan fingerprint density at radius 3 is 2.45 bits per heavy atom. The molecule has 0 saturated heterocycles. The molecule has 2 rings (SSSR count). The molecule has 0 aliphatic heterocycles. The maximum absolute atomic E-state index is 12.3. The van der Waals surface area contributed by atoms with Gasteiger partial charge in [-0.05, 0) is 41.6 Å². The predicted molar refractivity (Wildman–Crippen MR) is 84.4 cm³/mol. The van der Waals surface area contributed by atoms with Crippen molar-refractivity contribution in [2.45, 2.75) is 13.5 Å². The summed E-state index contributed by atoms with van der Waals surface area (Å²) in [5.74, 6) is -0.520. The normalized spacial score (nSPS) is 10.3. The average molecular weight is 319 g/mol. The number of carbonyl (C=O) groups is 2. The van der Waals surface area contributed by atoms with Gasteiger partial charge in [-0.25, -0.2) is 4.79 Å². The van der Waals surface area contributed by atoms with Crippen LogP contribution in [0.15, 0.2) is 35.7 Å². The van der Waals surface area contributed by atoms with E-state index >= 15 is 0 Å². The van der Waals surface area contributed by atoms with Gasteiger partial charge in [0.05, 0.1) is 4.88 Å². The first-order valence-electron chi connectivity index (χ1n) is 6.70. The quantitative estimate of drug-likeness (QED) is 0.889. The summed E-state index contributed by atoms with van der Waals surface area (Å²) >= 11 is 1.44. The van der Waals surface area contributed by atoms with Crippen LogP contribution in [0.3, 0.4) is 0 Å².